The Labute approximate surface area is 303 Å². The molecule has 0 spiro atoms. The van der Waals surface area contributed by atoms with Crippen molar-refractivity contribution >= 4 is 46.7 Å². The van der Waals surface area contributed by atoms with Gasteiger partial charge in [-0.1, -0.05) is 18.2 Å². The number of rotatable bonds is 17. The van der Waals surface area contributed by atoms with Crippen molar-refractivity contribution in [3.05, 3.63) is 76.9 Å². The number of benzene rings is 3. The van der Waals surface area contributed by atoms with Gasteiger partial charge in [0.25, 0.3) is 5.91 Å². The second-order valence-electron chi connectivity index (χ2n) is 12.4. The minimum Gasteiger partial charge on any atom is -0.493 e. The highest BCUT2D eigenvalue weighted by atomic mass is 16.5. The van der Waals surface area contributed by atoms with Crippen LogP contribution >= 0.6 is 0 Å². The second-order valence-corrected chi connectivity index (χ2v) is 12.4. The minimum atomic E-state index is -0.955. The van der Waals surface area contributed by atoms with Gasteiger partial charge in [0.1, 0.15) is 18.7 Å². The summed E-state index contributed by atoms with van der Waals surface area (Å²) >= 11 is 0. The summed E-state index contributed by atoms with van der Waals surface area (Å²) in [5.74, 6) is -1.19. The van der Waals surface area contributed by atoms with Crippen LogP contribution in [0.3, 0.4) is 0 Å². The molecule has 52 heavy (non-hydrogen) atoms. The van der Waals surface area contributed by atoms with Gasteiger partial charge in [-0.2, -0.15) is 0 Å². The Kier molecular flexibility index (Phi) is 14.0. The third-order valence-electron chi connectivity index (χ3n) is 8.62. The lowest BCUT2D eigenvalue weighted by atomic mass is 10.1. The Morgan fingerprint density at radius 3 is 2.29 bits per heavy atom. The van der Waals surface area contributed by atoms with E-state index in [0.717, 1.165) is 17.7 Å². The number of fused-ring (bicyclic) bond motifs is 1. The van der Waals surface area contributed by atoms with E-state index in [2.05, 4.69) is 26.0 Å². The first kappa shape index (κ1) is 39.2. The van der Waals surface area contributed by atoms with Crippen molar-refractivity contribution in [1.29, 1.82) is 0 Å². The van der Waals surface area contributed by atoms with E-state index in [9.17, 15) is 29.1 Å². The second kappa shape index (κ2) is 18.6. The summed E-state index contributed by atoms with van der Waals surface area (Å²) in [6, 6.07) is 14.3. The molecule has 3 aromatic carbocycles. The van der Waals surface area contributed by atoms with Crippen molar-refractivity contribution in [2.24, 2.45) is 0 Å². The molecule has 0 saturated carbocycles. The van der Waals surface area contributed by atoms with E-state index in [0.29, 0.717) is 59.0 Å². The molecule has 0 aromatic heterocycles. The number of nitrogens with zero attached hydrogens (tertiary/aromatic N) is 1. The molecule has 0 aliphatic carbocycles. The molecule has 0 radical (unpaired) electrons. The molecule has 1 heterocycles. The first-order valence-corrected chi connectivity index (χ1v) is 17.1. The highest BCUT2D eigenvalue weighted by molar-refractivity contribution is 6.11. The predicted octanol–water partition coefficient (Wildman–Crippen LogP) is 3.69. The van der Waals surface area contributed by atoms with Gasteiger partial charge in [0, 0.05) is 43.9 Å². The van der Waals surface area contributed by atoms with E-state index < -0.39 is 23.9 Å². The number of hydrogen-bond acceptors (Lipinski definition) is 10. The molecule has 0 bridgehead atoms. The van der Waals surface area contributed by atoms with Crippen LogP contribution in [-0.2, 0) is 43.5 Å². The van der Waals surface area contributed by atoms with Gasteiger partial charge in [0.2, 0.25) is 17.7 Å². The highest BCUT2D eigenvalue weighted by Crippen LogP contribution is 2.37. The average molecular weight is 718 g/mol. The fraction of sp³-hybridized carbons (Fsp3) is 0.395. The van der Waals surface area contributed by atoms with E-state index in [1.165, 1.54) is 28.1 Å². The van der Waals surface area contributed by atoms with Crippen LogP contribution in [0.5, 0.6) is 11.5 Å². The number of esters is 1. The van der Waals surface area contributed by atoms with Crippen LogP contribution in [-0.4, -0.2) is 74.6 Å². The van der Waals surface area contributed by atoms with Crippen LogP contribution < -0.4 is 35.6 Å². The topological polar surface area (TPSA) is 185 Å². The third-order valence-corrected chi connectivity index (χ3v) is 8.62. The van der Waals surface area contributed by atoms with Crippen LogP contribution in [0.1, 0.15) is 66.6 Å². The number of methoxy groups -OCH3 is 2. The van der Waals surface area contributed by atoms with Crippen LogP contribution in [0.15, 0.2) is 54.6 Å². The smallest absolute Gasteiger partial charge is 0.305 e. The number of carbonyl (C=O) groups is 5. The first-order chi connectivity index (χ1) is 25.0. The van der Waals surface area contributed by atoms with E-state index >= 15 is 0 Å². The van der Waals surface area contributed by atoms with Gasteiger partial charge in [-0.3, -0.25) is 24.0 Å². The summed E-state index contributed by atoms with van der Waals surface area (Å²) in [7, 11) is 4.51. The molecule has 2 unspecified atom stereocenters. The van der Waals surface area contributed by atoms with E-state index in [-0.39, 0.29) is 43.8 Å². The van der Waals surface area contributed by atoms with Gasteiger partial charge < -0.3 is 45.5 Å². The average Bonchev–Trinajstić information content (AvgIpc) is 3.58. The summed E-state index contributed by atoms with van der Waals surface area (Å²) in [4.78, 5) is 64.6. The number of nitrogens with one attached hydrogen (secondary N) is 4. The molecule has 0 fully saturated rings. The molecule has 3 aromatic rings. The molecular formula is C38H47N5O9. The molecule has 14 heteroatoms. The molecule has 1 aliphatic rings. The van der Waals surface area contributed by atoms with Crippen molar-refractivity contribution in [3.8, 4) is 11.5 Å². The highest BCUT2D eigenvalue weighted by Gasteiger charge is 2.28. The van der Waals surface area contributed by atoms with E-state index in [1.54, 1.807) is 42.3 Å². The maximum atomic E-state index is 13.7. The van der Waals surface area contributed by atoms with Crippen molar-refractivity contribution in [3.63, 3.8) is 0 Å². The molecular weight excluding hydrogens is 670 g/mol. The summed E-state index contributed by atoms with van der Waals surface area (Å²) in [6.45, 7) is 3.33. The fourth-order valence-electron chi connectivity index (χ4n) is 5.77. The standard InChI is InChI=1S/C38H47N5O9/c1-23(40-34(45)12-8-9-13-35(46)51-5)36(47)41-24(2)37(48)42-28-17-25(21-44)16-26(18-28)22-52-33-20-30(39-3)29(19-32(33)50-4)38(49)43-15-14-27-10-6-7-11-31(27)43/h6-7,10-11,16-20,23-24,39,44H,8-9,12-15,21-22H2,1-5H3,(H,40,45)(H,41,47)(H,42,48). The molecule has 2 atom stereocenters. The number of aliphatic hydroxyl groups is 1. The zero-order valence-corrected chi connectivity index (χ0v) is 30.2. The van der Waals surface area contributed by atoms with Gasteiger partial charge in [-0.15, -0.1) is 0 Å². The first-order valence-electron chi connectivity index (χ1n) is 17.1. The third kappa shape index (κ3) is 10.2. The number of aliphatic hydroxyl groups excluding tert-OH is 1. The van der Waals surface area contributed by atoms with Crippen molar-refractivity contribution < 1.29 is 43.3 Å². The number of ether oxygens (including phenoxy) is 3. The molecule has 5 N–H and O–H groups in total. The number of anilines is 3. The molecule has 0 saturated heterocycles. The van der Waals surface area contributed by atoms with Crippen molar-refractivity contribution in [2.45, 2.75) is 71.2 Å². The van der Waals surface area contributed by atoms with Crippen LogP contribution in [0.4, 0.5) is 17.1 Å². The Balaban J connectivity index is 1.37. The predicted molar refractivity (Wildman–Crippen MR) is 195 cm³/mol. The lowest BCUT2D eigenvalue weighted by molar-refractivity contribution is -0.140. The Morgan fingerprint density at radius 1 is 0.865 bits per heavy atom. The largest absolute Gasteiger partial charge is 0.493 e. The lowest BCUT2D eigenvalue weighted by Crippen LogP contribution is -2.50. The summed E-state index contributed by atoms with van der Waals surface area (Å²) < 4.78 is 16.3. The van der Waals surface area contributed by atoms with Crippen LogP contribution in [0.25, 0.3) is 0 Å². The molecule has 4 rings (SSSR count). The molecule has 278 valence electrons. The van der Waals surface area contributed by atoms with Gasteiger partial charge >= 0.3 is 5.97 Å². The normalized spacial score (nSPS) is 12.9. The fourth-order valence-corrected chi connectivity index (χ4v) is 5.77. The van der Waals surface area contributed by atoms with Gasteiger partial charge in [-0.25, -0.2) is 0 Å². The summed E-state index contributed by atoms with van der Waals surface area (Å²) in [5, 5.41) is 21.0. The van der Waals surface area contributed by atoms with Gasteiger partial charge in [0.05, 0.1) is 32.1 Å². The maximum Gasteiger partial charge on any atom is 0.305 e. The quantitative estimate of drug-likeness (QED) is 0.102. The lowest BCUT2D eigenvalue weighted by Gasteiger charge is -2.21. The van der Waals surface area contributed by atoms with Gasteiger partial charge in [-0.05, 0) is 80.1 Å². The zero-order valence-electron chi connectivity index (χ0n) is 30.2. The minimum absolute atomic E-state index is 0.0369. The zero-order chi connectivity index (χ0) is 37.8. The Hall–Kier alpha value is -5.63. The molecule has 4 amide bonds. The van der Waals surface area contributed by atoms with Crippen LogP contribution in [0.2, 0.25) is 0 Å². The number of hydrogen-bond donors (Lipinski definition) is 5. The van der Waals surface area contributed by atoms with E-state index in [4.69, 9.17) is 9.47 Å². The number of unbranched alkanes of at least 4 members (excludes halogenated alkanes) is 1. The summed E-state index contributed by atoms with van der Waals surface area (Å²) in [5.41, 5.74) is 4.51. The van der Waals surface area contributed by atoms with Crippen LogP contribution in [0, 0.1) is 0 Å². The van der Waals surface area contributed by atoms with Gasteiger partial charge in [0.15, 0.2) is 11.5 Å². The number of para-hydroxylation sites is 1. The molecule has 1 aliphatic heterocycles. The van der Waals surface area contributed by atoms with Crippen molar-refractivity contribution in [2.75, 3.05) is 43.3 Å². The Bertz CT molecular complexity index is 1780. The maximum absolute atomic E-state index is 13.7. The number of carbonyl (C=O) groups excluding carboxylic acids is 5. The SMILES string of the molecule is CNc1cc(OCc2cc(CO)cc(NC(=O)C(C)NC(=O)C(C)NC(=O)CCCCC(=O)OC)c2)c(OC)cc1C(=O)N1CCc2ccccc21. The van der Waals surface area contributed by atoms with Crippen molar-refractivity contribution in [1.82, 2.24) is 10.6 Å². The Morgan fingerprint density at radius 2 is 1.58 bits per heavy atom. The van der Waals surface area contributed by atoms with E-state index in [1.807, 2.05) is 24.3 Å². The monoisotopic (exact) mass is 717 g/mol. The molecule has 14 nitrogen and oxygen atoms in total. The summed E-state index contributed by atoms with van der Waals surface area (Å²) in [6.07, 6.45) is 2.07. The number of amides is 4.